The van der Waals surface area contributed by atoms with Crippen molar-refractivity contribution in [2.45, 2.75) is 25.7 Å². The molecule has 4 nitrogen and oxygen atoms in total. The van der Waals surface area contributed by atoms with E-state index in [0.29, 0.717) is 19.6 Å². The summed E-state index contributed by atoms with van der Waals surface area (Å²) in [6.07, 6.45) is 4.90. The largest absolute Gasteiger partial charge is 0.279 e. The van der Waals surface area contributed by atoms with Gasteiger partial charge in [0.15, 0.2) is 0 Å². The molecule has 0 radical (unpaired) electrons. The van der Waals surface area contributed by atoms with Crippen LogP contribution in [0, 0.1) is 5.92 Å². The van der Waals surface area contributed by atoms with Crippen LogP contribution in [0.4, 0.5) is 0 Å². The van der Waals surface area contributed by atoms with Gasteiger partial charge in [0.1, 0.15) is 0 Å². The Morgan fingerprint density at radius 2 is 2.00 bits per heavy atom. The zero-order valence-corrected chi connectivity index (χ0v) is 8.52. The highest BCUT2D eigenvalue weighted by atomic mass is 32.2. The molecule has 0 amide bonds. The molecule has 1 heterocycles. The molecular weight excluding hydrogens is 188 g/mol. The lowest BCUT2D eigenvalue weighted by Crippen LogP contribution is -2.32. The molecular formula is C8H16N2O2S. The summed E-state index contributed by atoms with van der Waals surface area (Å²) in [4.78, 5) is 0. The zero-order valence-electron chi connectivity index (χ0n) is 7.70. The topological polar surface area (TPSA) is 49.2 Å². The fourth-order valence-corrected chi connectivity index (χ4v) is 2.67. The molecule has 1 aliphatic heterocycles. The van der Waals surface area contributed by atoms with E-state index in [2.05, 4.69) is 4.72 Å². The number of hydrogen-bond donors (Lipinski definition) is 1. The third kappa shape index (κ3) is 2.42. The van der Waals surface area contributed by atoms with Crippen molar-refractivity contribution in [1.82, 2.24) is 9.03 Å². The van der Waals surface area contributed by atoms with Crippen LogP contribution < -0.4 is 4.72 Å². The first-order valence-corrected chi connectivity index (χ1v) is 6.37. The summed E-state index contributed by atoms with van der Waals surface area (Å²) in [6.45, 7) is 2.00. The Labute approximate surface area is 79.5 Å². The Bertz CT molecular complexity index is 268. The summed E-state index contributed by atoms with van der Waals surface area (Å²) in [5.74, 6) is 0.775. The van der Waals surface area contributed by atoms with Crippen LogP contribution in [0.1, 0.15) is 25.7 Å². The fourth-order valence-electron chi connectivity index (χ4n) is 1.55. The van der Waals surface area contributed by atoms with Crippen molar-refractivity contribution in [3.63, 3.8) is 0 Å². The van der Waals surface area contributed by atoms with Gasteiger partial charge in [0.05, 0.1) is 0 Å². The second kappa shape index (κ2) is 3.55. The molecule has 0 aromatic heterocycles. The molecule has 0 atom stereocenters. The molecule has 1 saturated carbocycles. The predicted octanol–water partition coefficient (Wildman–Crippen LogP) is 0.327. The summed E-state index contributed by atoms with van der Waals surface area (Å²) in [5.41, 5.74) is 0. The van der Waals surface area contributed by atoms with Crippen LogP contribution in [-0.4, -0.2) is 32.4 Å². The second-order valence-electron chi connectivity index (χ2n) is 3.88. The van der Waals surface area contributed by atoms with Crippen LogP contribution in [0.3, 0.4) is 0 Å². The highest BCUT2D eigenvalue weighted by Crippen LogP contribution is 2.28. The molecule has 1 N–H and O–H groups in total. The van der Waals surface area contributed by atoms with Gasteiger partial charge in [0, 0.05) is 19.6 Å². The molecule has 1 saturated heterocycles. The lowest BCUT2D eigenvalue weighted by atomic mass is 9.83. The molecule has 2 rings (SSSR count). The van der Waals surface area contributed by atoms with Crippen LogP contribution in [0.2, 0.25) is 0 Å². The SMILES string of the molecule is O=S(=O)(NCCC1CCC1)N1CC1. The lowest BCUT2D eigenvalue weighted by Gasteiger charge is -2.25. The first kappa shape index (κ1) is 9.43. The van der Waals surface area contributed by atoms with Gasteiger partial charge in [-0.2, -0.15) is 12.7 Å². The molecule has 0 aromatic carbocycles. The van der Waals surface area contributed by atoms with Gasteiger partial charge >= 0.3 is 0 Å². The third-order valence-electron chi connectivity index (χ3n) is 2.81. The molecule has 0 unspecified atom stereocenters. The normalized spacial score (nSPS) is 24.3. The molecule has 2 aliphatic rings. The minimum absolute atomic E-state index is 0.615. The Morgan fingerprint density at radius 3 is 2.46 bits per heavy atom. The summed E-state index contributed by atoms with van der Waals surface area (Å²) in [7, 11) is -3.08. The van der Waals surface area contributed by atoms with Crippen molar-refractivity contribution in [2.75, 3.05) is 19.6 Å². The quantitative estimate of drug-likeness (QED) is 0.656. The van der Waals surface area contributed by atoms with Gasteiger partial charge in [-0.05, 0) is 12.3 Å². The molecule has 0 spiro atoms. The smallest absolute Gasteiger partial charge is 0.202 e. The molecule has 1 aliphatic carbocycles. The van der Waals surface area contributed by atoms with E-state index in [9.17, 15) is 8.42 Å². The Kier molecular flexibility index (Phi) is 2.58. The monoisotopic (exact) mass is 204 g/mol. The maximum Gasteiger partial charge on any atom is 0.279 e. The van der Waals surface area contributed by atoms with E-state index < -0.39 is 10.2 Å². The molecule has 76 valence electrons. The summed E-state index contributed by atoms with van der Waals surface area (Å²) in [5, 5.41) is 0. The van der Waals surface area contributed by atoms with E-state index in [0.717, 1.165) is 12.3 Å². The van der Waals surface area contributed by atoms with Gasteiger partial charge in [-0.1, -0.05) is 19.3 Å². The van der Waals surface area contributed by atoms with E-state index in [1.807, 2.05) is 0 Å². The maximum absolute atomic E-state index is 11.3. The third-order valence-corrected chi connectivity index (χ3v) is 4.42. The van der Waals surface area contributed by atoms with Gasteiger partial charge < -0.3 is 0 Å². The van der Waals surface area contributed by atoms with Gasteiger partial charge in [-0.3, -0.25) is 0 Å². The number of hydrogen-bond acceptors (Lipinski definition) is 2. The average molecular weight is 204 g/mol. The van der Waals surface area contributed by atoms with E-state index in [1.165, 1.54) is 23.6 Å². The molecule has 5 heteroatoms. The van der Waals surface area contributed by atoms with E-state index in [4.69, 9.17) is 0 Å². The summed E-state index contributed by atoms with van der Waals surface area (Å²) in [6, 6.07) is 0. The van der Waals surface area contributed by atoms with Gasteiger partial charge in [-0.15, -0.1) is 0 Å². The Morgan fingerprint density at radius 1 is 1.31 bits per heavy atom. The molecule has 2 fully saturated rings. The maximum atomic E-state index is 11.3. The van der Waals surface area contributed by atoms with Crippen LogP contribution in [-0.2, 0) is 10.2 Å². The average Bonchev–Trinajstić information content (AvgIpc) is 2.75. The van der Waals surface area contributed by atoms with Crippen molar-refractivity contribution in [3.8, 4) is 0 Å². The lowest BCUT2D eigenvalue weighted by molar-refractivity contribution is 0.297. The van der Waals surface area contributed by atoms with Gasteiger partial charge in [0.2, 0.25) is 0 Å². The highest BCUT2D eigenvalue weighted by molar-refractivity contribution is 7.87. The number of nitrogens with zero attached hydrogens (tertiary/aromatic N) is 1. The summed E-state index contributed by atoms with van der Waals surface area (Å²) < 4.78 is 26.7. The first-order chi connectivity index (χ1) is 6.18. The van der Waals surface area contributed by atoms with Crippen LogP contribution in [0.5, 0.6) is 0 Å². The summed E-state index contributed by atoms with van der Waals surface area (Å²) >= 11 is 0. The zero-order chi connectivity index (χ0) is 9.31. The fraction of sp³-hybridized carbons (Fsp3) is 1.00. The first-order valence-electron chi connectivity index (χ1n) is 4.93. The standard InChI is InChI=1S/C8H16N2O2S/c11-13(12,10-6-7-10)9-5-4-8-2-1-3-8/h8-9H,1-7H2. The van der Waals surface area contributed by atoms with E-state index in [1.54, 1.807) is 0 Å². The highest BCUT2D eigenvalue weighted by Gasteiger charge is 2.31. The van der Waals surface area contributed by atoms with Crippen molar-refractivity contribution < 1.29 is 8.42 Å². The molecule has 0 aromatic rings. The molecule has 0 bridgehead atoms. The number of rotatable bonds is 5. The Hall–Kier alpha value is -0.130. The van der Waals surface area contributed by atoms with Crippen LogP contribution in [0.15, 0.2) is 0 Å². The van der Waals surface area contributed by atoms with Crippen molar-refractivity contribution in [1.29, 1.82) is 0 Å². The van der Waals surface area contributed by atoms with Gasteiger partial charge in [0.25, 0.3) is 10.2 Å². The minimum atomic E-state index is -3.08. The van der Waals surface area contributed by atoms with Gasteiger partial charge in [-0.25, -0.2) is 4.72 Å². The van der Waals surface area contributed by atoms with E-state index in [-0.39, 0.29) is 0 Å². The van der Waals surface area contributed by atoms with Crippen LogP contribution >= 0.6 is 0 Å². The van der Waals surface area contributed by atoms with Crippen molar-refractivity contribution >= 4 is 10.2 Å². The second-order valence-corrected chi connectivity index (χ2v) is 5.64. The Balaban J connectivity index is 1.66. The number of nitrogens with one attached hydrogen (secondary N) is 1. The van der Waals surface area contributed by atoms with Crippen LogP contribution in [0.25, 0.3) is 0 Å². The van der Waals surface area contributed by atoms with Crippen molar-refractivity contribution in [3.05, 3.63) is 0 Å². The molecule has 13 heavy (non-hydrogen) atoms. The van der Waals surface area contributed by atoms with E-state index >= 15 is 0 Å². The van der Waals surface area contributed by atoms with Crippen molar-refractivity contribution in [2.24, 2.45) is 5.92 Å². The predicted molar refractivity (Wildman–Crippen MR) is 50.5 cm³/mol. The minimum Gasteiger partial charge on any atom is -0.202 e.